The van der Waals surface area contributed by atoms with Crippen molar-refractivity contribution in [1.82, 2.24) is 5.32 Å². The predicted octanol–water partition coefficient (Wildman–Crippen LogP) is 2.32. The Hall–Kier alpha value is -1.68. The van der Waals surface area contributed by atoms with Crippen LogP contribution >= 0.6 is 0 Å². The summed E-state index contributed by atoms with van der Waals surface area (Å²) in [7, 11) is 0. The van der Waals surface area contributed by atoms with Gasteiger partial charge in [-0.05, 0) is 37.6 Å². The van der Waals surface area contributed by atoms with Gasteiger partial charge in [-0.25, -0.2) is 4.39 Å². The number of amides is 1. The van der Waals surface area contributed by atoms with Crippen molar-refractivity contribution >= 4 is 11.6 Å². The molecule has 0 aliphatic heterocycles. The monoisotopic (exact) mass is 236 g/mol. The van der Waals surface area contributed by atoms with Gasteiger partial charge in [-0.1, -0.05) is 6.08 Å². The molecule has 1 rings (SSSR count). The summed E-state index contributed by atoms with van der Waals surface area (Å²) in [6.07, 6.45) is 2.61. The van der Waals surface area contributed by atoms with Gasteiger partial charge in [0.1, 0.15) is 5.82 Å². The Bertz CT molecular complexity index is 376. The van der Waals surface area contributed by atoms with E-state index in [0.29, 0.717) is 5.69 Å². The molecule has 0 aliphatic rings. The molecule has 3 nitrogen and oxygen atoms in total. The standard InChI is InChI=1S/C13H17FN2O/c1-3-4-10(2)15-9-13(17)16-12-7-5-11(14)6-8-12/h3,5-8,10,15H,1,4,9H2,2H3,(H,16,17). The normalized spacial score (nSPS) is 11.9. The van der Waals surface area contributed by atoms with Gasteiger partial charge in [-0.15, -0.1) is 6.58 Å². The summed E-state index contributed by atoms with van der Waals surface area (Å²) in [6, 6.07) is 5.89. The topological polar surface area (TPSA) is 41.1 Å². The van der Waals surface area contributed by atoms with Crippen molar-refractivity contribution in [2.24, 2.45) is 0 Å². The molecule has 0 bridgehead atoms. The number of anilines is 1. The van der Waals surface area contributed by atoms with Crippen LogP contribution in [-0.4, -0.2) is 18.5 Å². The van der Waals surface area contributed by atoms with E-state index in [4.69, 9.17) is 0 Å². The van der Waals surface area contributed by atoms with Crippen LogP contribution in [0.15, 0.2) is 36.9 Å². The summed E-state index contributed by atoms with van der Waals surface area (Å²) >= 11 is 0. The summed E-state index contributed by atoms with van der Waals surface area (Å²) in [4.78, 5) is 11.5. The number of hydrogen-bond acceptors (Lipinski definition) is 2. The first kappa shape index (κ1) is 13.4. The van der Waals surface area contributed by atoms with E-state index in [1.807, 2.05) is 6.92 Å². The zero-order valence-corrected chi connectivity index (χ0v) is 9.87. The highest BCUT2D eigenvalue weighted by molar-refractivity contribution is 5.92. The van der Waals surface area contributed by atoms with Crippen molar-refractivity contribution in [3.05, 3.63) is 42.7 Å². The van der Waals surface area contributed by atoms with Crippen molar-refractivity contribution in [2.75, 3.05) is 11.9 Å². The van der Waals surface area contributed by atoms with E-state index in [9.17, 15) is 9.18 Å². The van der Waals surface area contributed by atoms with Crippen LogP contribution in [-0.2, 0) is 4.79 Å². The van der Waals surface area contributed by atoms with Crippen LogP contribution < -0.4 is 10.6 Å². The Morgan fingerprint density at radius 3 is 2.71 bits per heavy atom. The van der Waals surface area contributed by atoms with Gasteiger partial charge in [0.25, 0.3) is 0 Å². The molecular weight excluding hydrogens is 219 g/mol. The predicted molar refractivity (Wildman–Crippen MR) is 67.3 cm³/mol. The molecule has 0 spiro atoms. The maximum Gasteiger partial charge on any atom is 0.238 e. The fraction of sp³-hybridized carbons (Fsp3) is 0.308. The fourth-order valence-electron chi connectivity index (χ4n) is 1.34. The molecule has 0 fully saturated rings. The minimum absolute atomic E-state index is 0.146. The molecule has 1 atom stereocenters. The molecule has 0 aliphatic carbocycles. The Morgan fingerprint density at radius 1 is 1.47 bits per heavy atom. The van der Waals surface area contributed by atoms with E-state index in [0.717, 1.165) is 6.42 Å². The van der Waals surface area contributed by atoms with Crippen LogP contribution in [0, 0.1) is 5.82 Å². The third-order valence-corrected chi connectivity index (χ3v) is 2.26. The largest absolute Gasteiger partial charge is 0.325 e. The molecule has 92 valence electrons. The number of hydrogen-bond donors (Lipinski definition) is 2. The van der Waals surface area contributed by atoms with E-state index in [2.05, 4.69) is 17.2 Å². The van der Waals surface area contributed by atoms with Crippen molar-refractivity contribution in [1.29, 1.82) is 0 Å². The first-order chi connectivity index (χ1) is 8.11. The van der Waals surface area contributed by atoms with Gasteiger partial charge in [0.2, 0.25) is 5.91 Å². The molecule has 1 aromatic carbocycles. The molecule has 4 heteroatoms. The van der Waals surface area contributed by atoms with Crippen molar-refractivity contribution in [3.8, 4) is 0 Å². The van der Waals surface area contributed by atoms with Crippen molar-refractivity contribution in [2.45, 2.75) is 19.4 Å². The van der Waals surface area contributed by atoms with Crippen LogP contribution in [0.4, 0.5) is 10.1 Å². The molecule has 1 amide bonds. The van der Waals surface area contributed by atoms with E-state index >= 15 is 0 Å². The van der Waals surface area contributed by atoms with Crippen LogP contribution in [0.3, 0.4) is 0 Å². The first-order valence-corrected chi connectivity index (χ1v) is 5.51. The van der Waals surface area contributed by atoms with Gasteiger partial charge < -0.3 is 10.6 Å². The molecule has 2 N–H and O–H groups in total. The third kappa shape index (κ3) is 5.26. The number of nitrogens with one attached hydrogen (secondary N) is 2. The highest BCUT2D eigenvalue weighted by Gasteiger charge is 2.04. The average Bonchev–Trinajstić information content (AvgIpc) is 2.30. The number of benzene rings is 1. The Balaban J connectivity index is 2.34. The van der Waals surface area contributed by atoms with Crippen LogP contribution in [0.2, 0.25) is 0 Å². The fourth-order valence-corrected chi connectivity index (χ4v) is 1.34. The van der Waals surface area contributed by atoms with E-state index in [-0.39, 0.29) is 24.3 Å². The zero-order valence-electron chi connectivity index (χ0n) is 9.87. The molecule has 17 heavy (non-hydrogen) atoms. The van der Waals surface area contributed by atoms with E-state index in [1.165, 1.54) is 24.3 Å². The minimum Gasteiger partial charge on any atom is -0.325 e. The van der Waals surface area contributed by atoms with Gasteiger partial charge in [0, 0.05) is 11.7 Å². The van der Waals surface area contributed by atoms with Crippen LogP contribution in [0.1, 0.15) is 13.3 Å². The van der Waals surface area contributed by atoms with Gasteiger partial charge in [-0.2, -0.15) is 0 Å². The lowest BCUT2D eigenvalue weighted by atomic mass is 10.2. The minimum atomic E-state index is -0.319. The number of carbonyl (C=O) groups is 1. The first-order valence-electron chi connectivity index (χ1n) is 5.51. The summed E-state index contributed by atoms with van der Waals surface area (Å²) in [5.74, 6) is -0.465. The molecule has 0 saturated carbocycles. The average molecular weight is 236 g/mol. The highest BCUT2D eigenvalue weighted by Crippen LogP contribution is 2.07. The second-order valence-electron chi connectivity index (χ2n) is 3.86. The van der Waals surface area contributed by atoms with Gasteiger partial charge in [-0.3, -0.25) is 4.79 Å². The smallest absolute Gasteiger partial charge is 0.238 e. The van der Waals surface area contributed by atoms with Crippen LogP contribution in [0.5, 0.6) is 0 Å². The van der Waals surface area contributed by atoms with E-state index in [1.54, 1.807) is 6.08 Å². The molecular formula is C13H17FN2O. The van der Waals surface area contributed by atoms with Crippen LogP contribution in [0.25, 0.3) is 0 Å². The number of carbonyl (C=O) groups excluding carboxylic acids is 1. The number of rotatable bonds is 6. The zero-order chi connectivity index (χ0) is 12.7. The number of halogens is 1. The Labute approximate surface area is 101 Å². The third-order valence-electron chi connectivity index (χ3n) is 2.26. The molecule has 0 saturated heterocycles. The van der Waals surface area contributed by atoms with Gasteiger partial charge in [0.15, 0.2) is 0 Å². The lowest BCUT2D eigenvalue weighted by molar-refractivity contribution is -0.115. The molecule has 1 unspecified atom stereocenters. The lowest BCUT2D eigenvalue weighted by Crippen LogP contribution is -2.34. The Morgan fingerprint density at radius 2 is 2.12 bits per heavy atom. The summed E-state index contributed by atoms with van der Waals surface area (Å²) < 4.78 is 12.6. The van der Waals surface area contributed by atoms with Gasteiger partial charge >= 0.3 is 0 Å². The quantitative estimate of drug-likeness (QED) is 0.744. The second-order valence-corrected chi connectivity index (χ2v) is 3.86. The van der Waals surface area contributed by atoms with Gasteiger partial charge in [0.05, 0.1) is 6.54 Å². The second kappa shape index (κ2) is 6.81. The van der Waals surface area contributed by atoms with Crippen molar-refractivity contribution < 1.29 is 9.18 Å². The molecule has 0 radical (unpaired) electrons. The maximum absolute atomic E-state index is 12.6. The Kier molecular flexibility index (Phi) is 5.36. The maximum atomic E-state index is 12.6. The lowest BCUT2D eigenvalue weighted by Gasteiger charge is -2.11. The molecule has 0 aromatic heterocycles. The molecule has 0 heterocycles. The van der Waals surface area contributed by atoms with E-state index < -0.39 is 0 Å². The summed E-state index contributed by atoms with van der Waals surface area (Å²) in [5, 5.41) is 5.73. The summed E-state index contributed by atoms with van der Waals surface area (Å²) in [5.41, 5.74) is 0.592. The van der Waals surface area contributed by atoms with Crippen molar-refractivity contribution in [3.63, 3.8) is 0 Å². The highest BCUT2D eigenvalue weighted by atomic mass is 19.1. The SMILES string of the molecule is C=CCC(C)NCC(=O)Nc1ccc(F)cc1. The summed E-state index contributed by atoms with van der Waals surface area (Å²) in [6.45, 7) is 5.84. The molecule has 1 aromatic rings.